The van der Waals surface area contributed by atoms with Crippen LogP contribution in [0.15, 0.2) is 9.95 Å². The Balaban J connectivity index is 2.98. The number of rotatable bonds is 5. The normalized spacial score (nSPS) is 12.8. The number of nitrogens with one attached hydrogen (secondary N) is 1. The van der Waals surface area contributed by atoms with Gasteiger partial charge in [-0.1, -0.05) is 39.5 Å². The molecule has 0 spiro atoms. The molecule has 1 unspecified atom stereocenters. The van der Waals surface area contributed by atoms with Gasteiger partial charge < -0.3 is 4.74 Å². The van der Waals surface area contributed by atoms with E-state index in [0.717, 1.165) is 6.42 Å². The van der Waals surface area contributed by atoms with E-state index in [-0.39, 0.29) is 11.7 Å². The fourth-order valence-corrected chi connectivity index (χ4v) is 2.45. The molecule has 0 amide bonds. The number of carbonyl (C=O) groups is 1. The van der Waals surface area contributed by atoms with Crippen LogP contribution >= 0.6 is 23.7 Å². The molecule has 1 aromatic heterocycles. The molecule has 0 saturated heterocycles. The molecule has 0 aliphatic rings. The Morgan fingerprint density at radius 2 is 2.05 bits per heavy atom. The van der Waals surface area contributed by atoms with E-state index < -0.39 is 10.7 Å². The van der Waals surface area contributed by atoms with Crippen LogP contribution in [0.5, 0.6) is 0 Å². The molecule has 1 heterocycles. The zero-order chi connectivity index (χ0) is 16.9. The van der Waals surface area contributed by atoms with E-state index in [0.29, 0.717) is 22.8 Å². The summed E-state index contributed by atoms with van der Waals surface area (Å²) in [4.78, 5) is 26.9. The maximum absolute atomic E-state index is 12.5. The lowest BCUT2D eigenvalue weighted by Crippen LogP contribution is -2.37. The Kier molecular flexibility index (Phi) is 6.73. The molecule has 0 aliphatic heterocycles. The average Bonchev–Trinajstić information content (AvgIpc) is 2.43. The minimum absolute atomic E-state index is 0.167. The van der Waals surface area contributed by atoms with E-state index in [1.165, 1.54) is 16.4 Å². The van der Waals surface area contributed by atoms with Gasteiger partial charge in [0.1, 0.15) is 5.69 Å². The van der Waals surface area contributed by atoms with Crippen LogP contribution in [0, 0.1) is 0 Å². The van der Waals surface area contributed by atoms with Crippen LogP contribution in [0.2, 0.25) is 0 Å². The third-order valence-electron chi connectivity index (χ3n) is 2.82. The van der Waals surface area contributed by atoms with Gasteiger partial charge in [0.2, 0.25) is 5.16 Å². The summed E-state index contributed by atoms with van der Waals surface area (Å²) in [6.45, 7) is 9.38. The van der Waals surface area contributed by atoms with E-state index in [1.54, 1.807) is 6.26 Å². The zero-order valence-corrected chi connectivity index (χ0v) is 15.3. The lowest BCUT2D eigenvalue weighted by atomic mass is 9.93. The van der Waals surface area contributed by atoms with Crippen molar-refractivity contribution in [1.29, 1.82) is 0 Å². The average molecular weight is 346 g/mol. The van der Waals surface area contributed by atoms with Gasteiger partial charge in [0.05, 0.1) is 18.1 Å². The number of hydrogen-bond donors (Lipinski definition) is 1. The fraction of sp³-hybridized carbons (Fsp3) is 0.692. The van der Waals surface area contributed by atoms with Crippen molar-refractivity contribution in [3.8, 4) is 0 Å². The molecule has 0 radical (unpaired) electrons. The quantitative estimate of drug-likeness (QED) is 0.495. The molecule has 0 fully saturated rings. The SMILES string of the molecule is CCC(C)OC(=O)SNn1c(SC)nnc(C(C)(C)C)c1=O. The first-order valence-corrected chi connectivity index (χ1v) is 8.92. The summed E-state index contributed by atoms with van der Waals surface area (Å²) >= 11 is 1.97. The molecule has 1 rings (SSSR count). The van der Waals surface area contributed by atoms with Crippen LogP contribution in [0.3, 0.4) is 0 Å². The predicted octanol–water partition coefficient (Wildman–Crippen LogP) is 2.78. The van der Waals surface area contributed by atoms with Crippen LogP contribution in [-0.2, 0) is 10.2 Å². The Labute approximate surface area is 138 Å². The summed E-state index contributed by atoms with van der Waals surface area (Å²) < 4.78 is 6.36. The standard InChI is InChI=1S/C13H22N4O3S2/c1-7-8(2)20-12(19)22-16-17-10(18)9(13(3,4)5)14-15-11(17)21-6/h8,16H,7H2,1-6H3. The summed E-state index contributed by atoms with van der Waals surface area (Å²) in [5.41, 5.74) is -0.434. The second-order valence-electron chi connectivity index (χ2n) is 5.71. The third-order valence-corrected chi connectivity index (χ3v) is 3.98. The fourth-order valence-electron chi connectivity index (χ4n) is 1.41. The van der Waals surface area contributed by atoms with Crippen LogP contribution in [0.25, 0.3) is 0 Å². The number of aromatic nitrogens is 3. The van der Waals surface area contributed by atoms with E-state index in [9.17, 15) is 9.59 Å². The van der Waals surface area contributed by atoms with Gasteiger partial charge in [0.25, 0.3) is 5.56 Å². The summed E-state index contributed by atoms with van der Waals surface area (Å²) in [7, 11) is 0. The third kappa shape index (κ3) is 4.91. The van der Waals surface area contributed by atoms with Gasteiger partial charge in [0.15, 0.2) is 0 Å². The Morgan fingerprint density at radius 3 is 2.55 bits per heavy atom. The van der Waals surface area contributed by atoms with Crippen molar-refractivity contribution < 1.29 is 9.53 Å². The highest BCUT2D eigenvalue weighted by Gasteiger charge is 2.24. The smallest absolute Gasteiger partial charge is 0.389 e. The minimum atomic E-state index is -0.498. The molecule has 0 saturated carbocycles. The molecule has 22 heavy (non-hydrogen) atoms. The topological polar surface area (TPSA) is 86.1 Å². The maximum atomic E-state index is 12.5. The minimum Gasteiger partial charge on any atom is -0.453 e. The molecule has 124 valence electrons. The van der Waals surface area contributed by atoms with E-state index >= 15 is 0 Å². The van der Waals surface area contributed by atoms with Crippen molar-refractivity contribution in [1.82, 2.24) is 14.9 Å². The Hall–Kier alpha value is -1.22. The van der Waals surface area contributed by atoms with Gasteiger partial charge in [-0.3, -0.25) is 9.63 Å². The molecule has 9 heteroatoms. The van der Waals surface area contributed by atoms with Crippen molar-refractivity contribution in [3.63, 3.8) is 0 Å². The summed E-state index contributed by atoms with van der Waals surface area (Å²) in [6, 6.07) is 0. The Bertz CT molecular complexity index is 584. The van der Waals surface area contributed by atoms with Crippen LogP contribution in [0.4, 0.5) is 4.79 Å². The van der Waals surface area contributed by atoms with E-state index in [2.05, 4.69) is 15.0 Å². The van der Waals surface area contributed by atoms with Crippen LogP contribution in [0.1, 0.15) is 46.7 Å². The monoisotopic (exact) mass is 346 g/mol. The van der Waals surface area contributed by atoms with Crippen molar-refractivity contribution >= 4 is 29.0 Å². The van der Waals surface area contributed by atoms with Gasteiger partial charge in [-0.2, -0.15) is 4.68 Å². The second-order valence-corrected chi connectivity index (χ2v) is 7.20. The first kappa shape index (κ1) is 18.8. The first-order chi connectivity index (χ1) is 10.2. The highest BCUT2D eigenvalue weighted by atomic mass is 32.2. The summed E-state index contributed by atoms with van der Waals surface area (Å²) in [5.74, 6) is 0. The van der Waals surface area contributed by atoms with Crippen molar-refractivity contribution in [2.75, 3.05) is 11.1 Å². The lowest BCUT2D eigenvalue weighted by Gasteiger charge is -2.19. The van der Waals surface area contributed by atoms with Crippen LogP contribution < -0.4 is 10.4 Å². The molecule has 7 nitrogen and oxygen atoms in total. The molecular weight excluding hydrogens is 324 g/mol. The van der Waals surface area contributed by atoms with E-state index in [1.807, 2.05) is 34.6 Å². The predicted molar refractivity (Wildman–Crippen MR) is 90.0 cm³/mol. The Morgan fingerprint density at radius 1 is 1.41 bits per heavy atom. The molecule has 0 bridgehead atoms. The molecule has 0 aliphatic carbocycles. The van der Waals surface area contributed by atoms with Gasteiger partial charge in [-0.05, 0) is 19.6 Å². The van der Waals surface area contributed by atoms with E-state index in [4.69, 9.17) is 4.74 Å². The van der Waals surface area contributed by atoms with Gasteiger partial charge >= 0.3 is 5.30 Å². The summed E-state index contributed by atoms with van der Waals surface area (Å²) in [5, 5.41) is 7.91. The highest BCUT2D eigenvalue weighted by molar-refractivity contribution is 8.14. The molecule has 1 N–H and O–H groups in total. The van der Waals surface area contributed by atoms with Crippen molar-refractivity contribution in [2.24, 2.45) is 0 Å². The summed E-state index contributed by atoms with van der Waals surface area (Å²) in [6.07, 6.45) is 2.34. The number of thioether (sulfide) groups is 1. The molecule has 1 atom stereocenters. The van der Waals surface area contributed by atoms with Gasteiger partial charge in [0, 0.05) is 5.41 Å². The zero-order valence-electron chi connectivity index (χ0n) is 13.7. The van der Waals surface area contributed by atoms with Gasteiger partial charge in [-0.15, -0.1) is 10.2 Å². The largest absolute Gasteiger partial charge is 0.453 e. The van der Waals surface area contributed by atoms with Crippen LogP contribution in [-0.4, -0.2) is 32.5 Å². The number of carbonyl (C=O) groups excluding carboxylic acids is 1. The van der Waals surface area contributed by atoms with Crippen molar-refractivity contribution in [2.45, 2.75) is 57.7 Å². The van der Waals surface area contributed by atoms with Crippen molar-refractivity contribution in [3.05, 3.63) is 16.0 Å². The molecule has 1 aromatic rings. The maximum Gasteiger partial charge on any atom is 0.389 e. The van der Waals surface area contributed by atoms with Gasteiger partial charge in [-0.25, -0.2) is 4.79 Å². The molecule has 0 aromatic carbocycles. The lowest BCUT2D eigenvalue weighted by molar-refractivity contribution is 0.131. The number of ether oxygens (including phenoxy) is 1. The molecular formula is C13H22N4O3S2. The number of nitrogens with zero attached hydrogens (tertiary/aromatic N) is 3. The number of hydrogen-bond acceptors (Lipinski definition) is 8. The highest BCUT2D eigenvalue weighted by Crippen LogP contribution is 2.18. The second kappa shape index (κ2) is 7.87. The first-order valence-electron chi connectivity index (χ1n) is 6.88.